The third kappa shape index (κ3) is 1.95. The molecule has 4 heterocycles. The molecule has 2 atom stereocenters. The van der Waals surface area contributed by atoms with Gasteiger partial charge in [-0.1, -0.05) is 0 Å². The molecule has 2 aliphatic rings. The lowest BCUT2D eigenvalue weighted by Crippen LogP contribution is -2.44. The topological polar surface area (TPSA) is 76.1 Å². The van der Waals surface area contributed by atoms with Gasteiger partial charge in [-0.05, 0) is 0 Å². The van der Waals surface area contributed by atoms with Gasteiger partial charge in [0.25, 0.3) is 0 Å². The Hall–Kier alpha value is -2.19. The molecule has 0 amide bonds. The van der Waals surface area contributed by atoms with Gasteiger partial charge in [-0.3, -0.25) is 9.97 Å². The van der Waals surface area contributed by atoms with E-state index in [1.807, 2.05) is 4.90 Å². The van der Waals surface area contributed by atoms with Crippen molar-refractivity contribution in [1.82, 2.24) is 25.4 Å². The highest BCUT2D eigenvalue weighted by atomic mass is 19.1. The second kappa shape index (κ2) is 4.68. The van der Waals surface area contributed by atoms with E-state index in [1.54, 1.807) is 18.6 Å². The van der Waals surface area contributed by atoms with Crippen LogP contribution in [0.25, 0.3) is 0 Å². The molecule has 2 unspecified atom stereocenters. The number of halogens is 1. The zero-order valence-corrected chi connectivity index (χ0v) is 11.1. The van der Waals surface area contributed by atoms with Gasteiger partial charge in [0.2, 0.25) is 5.95 Å². The number of nitrogens with one attached hydrogen (secondary N) is 1. The van der Waals surface area contributed by atoms with Crippen molar-refractivity contribution in [3.8, 4) is 0 Å². The average Bonchev–Trinajstić information content (AvgIpc) is 3.07. The summed E-state index contributed by atoms with van der Waals surface area (Å²) in [7, 11) is 0. The summed E-state index contributed by atoms with van der Waals surface area (Å²) in [5, 5.41) is 0. The Morgan fingerprint density at radius 2 is 2.10 bits per heavy atom. The zero-order valence-electron chi connectivity index (χ0n) is 11.1. The van der Waals surface area contributed by atoms with Gasteiger partial charge < -0.3 is 9.74 Å². The van der Waals surface area contributed by atoms with Gasteiger partial charge in [-0.25, -0.2) is 14.4 Å². The summed E-state index contributed by atoms with van der Waals surface area (Å²) in [5.74, 6) is 0.280. The molecule has 2 aromatic rings. The average molecular weight is 288 g/mol. The van der Waals surface area contributed by atoms with E-state index in [-0.39, 0.29) is 5.92 Å². The van der Waals surface area contributed by atoms with E-state index in [9.17, 15) is 4.39 Å². The summed E-state index contributed by atoms with van der Waals surface area (Å²) in [6.45, 7) is 1.89. The Bertz CT molecular complexity index is 639. The minimum atomic E-state index is -0.441. The van der Waals surface area contributed by atoms with Crippen LogP contribution in [0.3, 0.4) is 0 Å². The van der Waals surface area contributed by atoms with Crippen molar-refractivity contribution >= 4 is 5.95 Å². The summed E-state index contributed by atoms with van der Waals surface area (Å²) in [6.07, 6.45) is 7.40. The molecular formula is C13H13FN6O. The molecule has 0 spiro atoms. The van der Waals surface area contributed by atoms with Crippen LogP contribution in [0.5, 0.6) is 0 Å². The third-order valence-electron chi connectivity index (χ3n) is 4.03. The molecule has 4 rings (SSSR count). The summed E-state index contributed by atoms with van der Waals surface area (Å²) in [6, 6.07) is 0. The molecule has 0 aliphatic carbocycles. The second-order valence-corrected chi connectivity index (χ2v) is 5.25. The molecule has 0 radical (unpaired) electrons. The number of aromatic nitrogens is 4. The zero-order chi connectivity index (χ0) is 14.3. The first kappa shape index (κ1) is 12.5. The van der Waals surface area contributed by atoms with Gasteiger partial charge in [-0.2, -0.15) is 5.48 Å². The van der Waals surface area contributed by atoms with Crippen molar-refractivity contribution in [2.45, 2.75) is 5.54 Å². The Labute approximate surface area is 120 Å². The third-order valence-corrected chi connectivity index (χ3v) is 4.03. The van der Waals surface area contributed by atoms with Crippen LogP contribution in [0, 0.1) is 11.7 Å². The van der Waals surface area contributed by atoms with E-state index >= 15 is 0 Å². The van der Waals surface area contributed by atoms with E-state index in [1.165, 1.54) is 12.4 Å². The largest absolute Gasteiger partial charge is 0.338 e. The molecule has 8 heteroatoms. The maximum atomic E-state index is 13.0. The number of hydrogen-bond acceptors (Lipinski definition) is 7. The lowest BCUT2D eigenvalue weighted by molar-refractivity contribution is 0.0604. The van der Waals surface area contributed by atoms with Crippen LogP contribution in [0.4, 0.5) is 10.3 Å². The highest BCUT2D eigenvalue weighted by molar-refractivity contribution is 5.37. The molecule has 21 heavy (non-hydrogen) atoms. The molecule has 1 N–H and O–H groups in total. The van der Waals surface area contributed by atoms with Crippen LogP contribution >= 0.6 is 0 Å². The molecule has 0 saturated carbocycles. The molecule has 0 aromatic carbocycles. The van der Waals surface area contributed by atoms with Crippen LogP contribution in [0.2, 0.25) is 0 Å². The van der Waals surface area contributed by atoms with E-state index in [0.29, 0.717) is 19.1 Å². The molecule has 2 saturated heterocycles. The van der Waals surface area contributed by atoms with E-state index in [2.05, 4.69) is 25.4 Å². The lowest BCUT2D eigenvalue weighted by atomic mass is 9.86. The summed E-state index contributed by atoms with van der Waals surface area (Å²) in [5.41, 5.74) is 3.49. The van der Waals surface area contributed by atoms with Crippen LogP contribution in [-0.4, -0.2) is 39.6 Å². The second-order valence-electron chi connectivity index (χ2n) is 5.25. The fraction of sp³-hybridized carbons (Fsp3) is 0.385. The standard InChI is InChI=1S/C13H13FN6O/c14-10-3-17-12(18-4-10)20-6-9-7-21-19-13(9,8-20)11-5-15-1-2-16-11/h1-5,9,19H,6-8H2. The van der Waals surface area contributed by atoms with Gasteiger partial charge in [0.1, 0.15) is 5.54 Å². The minimum Gasteiger partial charge on any atom is -0.338 e. The van der Waals surface area contributed by atoms with E-state index in [0.717, 1.165) is 12.2 Å². The van der Waals surface area contributed by atoms with Crippen molar-refractivity contribution in [2.24, 2.45) is 5.92 Å². The number of rotatable bonds is 2. The van der Waals surface area contributed by atoms with Gasteiger partial charge in [0.15, 0.2) is 5.82 Å². The number of fused-ring (bicyclic) bond motifs is 1. The first-order valence-corrected chi connectivity index (χ1v) is 6.66. The maximum absolute atomic E-state index is 13.0. The first-order valence-electron chi connectivity index (χ1n) is 6.66. The number of nitrogens with zero attached hydrogens (tertiary/aromatic N) is 5. The minimum absolute atomic E-state index is 0.211. The smallest absolute Gasteiger partial charge is 0.225 e. The van der Waals surface area contributed by atoms with Crippen LogP contribution < -0.4 is 10.4 Å². The number of hydroxylamine groups is 1. The van der Waals surface area contributed by atoms with Crippen LogP contribution in [0.15, 0.2) is 31.0 Å². The van der Waals surface area contributed by atoms with Crippen LogP contribution in [0.1, 0.15) is 5.69 Å². The fourth-order valence-corrected chi connectivity index (χ4v) is 2.99. The van der Waals surface area contributed by atoms with Crippen molar-refractivity contribution < 1.29 is 9.23 Å². The van der Waals surface area contributed by atoms with Gasteiger partial charge in [0.05, 0.1) is 30.9 Å². The molecule has 0 bridgehead atoms. The molecule has 2 fully saturated rings. The molecular weight excluding hydrogens is 275 g/mol. The van der Waals surface area contributed by atoms with Crippen molar-refractivity contribution in [3.63, 3.8) is 0 Å². The normalized spacial score (nSPS) is 27.9. The predicted molar refractivity (Wildman–Crippen MR) is 70.5 cm³/mol. The van der Waals surface area contributed by atoms with E-state index in [4.69, 9.17) is 4.84 Å². The lowest BCUT2D eigenvalue weighted by Gasteiger charge is -2.26. The molecule has 108 valence electrons. The first-order chi connectivity index (χ1) is 10.3. The fourth-order valence-electron chi connectivity index (χ4n) is 2.99. The van der Waals surface area contributed by atoms with Gasteiger partial charge in [0, 0.05) is 31.4 Å². The maximum Gasteiger partial charge on any atom is 0.225 e. The highest BCUT2D eigenvalue weighted by Crippen LogP contribution is 2.40. The Kier molecular flexibility index (Phi) is 2.79. The summed E-state index contributed by atoms with van der Waals surface area (Å²) >= 11 is 0. The number of anilines is 1. The van der Waals surface area contributed by atoms with Gasteiger partial charge >= 0.3 is 0 Å². The van der Waals surface area contributed by atoms with Crippen LogP contribution in [-0.2, 0) is 10.4 Å². The van der Waals surface area contributed by atoms with Crippen molar-refractivity contribution in [3.05, 3.63) is 42.5 Å². The Morgan fingerprint density at radius 3 is 2.86 bits per heavy atom. The molecule has 2 aromatic heterocycles. The van der Waals surface area contributed by atoms with Crippen molar-refractivity contribution in [2.75, 3.05) is 24.6 Å². The number of hydrogen-bond donors (Lipinski definition) is 1. The van der Waals surface area contributed by atoms with Gasteiger partial charge in [-0.15, -0.1) is 0 Å². The molecule has 2 aliphatic heterocycles. The Balaban J connectivity index is 1.67. The SMILES string of the molecule is Fc1cnc(N2CC3CONC3(c3cnccn3)C2)nc1. The summed E-state index contributed by atoms with van der Waals surface area (Å²) in [4.78, 5) is 24.1. The Morgan fingerprint density at radius 1 is 1.24 bits per heavy atom. The quantitative estimate of drug-likeness (QED) is 0.850. The predicted octanol–water partition coefficient (Wildman–Crippen LogP) is 0.272. The van der Waals surface area contributed by atoms with Crippen molar-refractivity contribution in [1.29, 1.82) is 0 Å². The monoisotopic (exact) mass is 288 g/mol. The highest BCUT2D eigenvalue weighted by Gasteiger charge is 2.53. The summed E-state index contributed by atoms with van der Waals surface area (Å²) < 4.78 is 13.0. The molecule has 7 nitrogen and oxygen atoms in total. The van der Waals surface area contributed by atoms with E-state index < -0.39 is 11.4 Å².